The van der Waals surface area contributed by atoms with Gasteiger partial charge in [0.2, 0.25) is 0 Å². The first-order valence-corrected chi connectivity index (χ1v) is 11.3. The SMILES string of the molecule is COc1ccc(CN2CCC(NC(=O)c3ccc4c(ccn4C(C)C)c3)CC2)cc1OC. The van der Waals surface area contributed by atoms with Crippen LogP contribution < -0.4 is 14.8 Å². The molecule has 1 aliphatic heterocycles. The molecule has 32 heavy (non-hydrogen) atoms. The summed E-state index contributed by atoms with van der Waals surface area (Å²) in [6, 6.07) is 14.7. The van der Waals surface area contributed by atoms with Gasteiger partial charge in [0.15, 0.2) is 11.5 Å². The number of methoxy groups -OCH3 is 2. The second kappa shape index (κ2) is 9.65. The zero-order chi connectivity index (χ0) is 22.7. The average Bonchev–Trinajstić information content (AvgIpc) is 3.24. The van der Waals surface area contributed by atoms with Crippen LogP contribution in [0.5, 0.6) is 11.5 Å². The Bertz CT molecular complexity index is 1080. The lowest BCUT2D eigenvalue weighted by atomic mass is 10.0. The summed E-state index contributed by atoms with van der Waals surface area (Å²) in [5.74, 6) is 1.52. The maximum Gasteiger partial charge on any atom is 0.251 e. The van der Waals surface area contributed by atoms with Gasteiger partial charge >= 0.3 is 0 Å². The molecule has 6 heteroatoms. The van der Waals surface area contributed by atoms with Gasteiger partial charge in [-0.3, -0.25) is 9.69 Å². The summed E-state index contributed by atoms with van der Waals surface area (Å²) in [5.41, 5.74) is 3.10. The Labute approximate surface area is 190 Å². The minimum Gasteiger partial charge on any atom is -0.493 e. The minimum atomic E-state index is 0.0162. The molecule has 3 aromatic rings. The van der Waals surface area contributed by atoms with E-state index >= 15 is 0 Å². The summed E-state index contributed by atoms with van der Waals surface area (Å²) in [7, 11) is 3.31. The topological polar surface area (TPSA) is 55.7 Å². The first-order chi connectivity index (χ1) is 15.5. The van der Waals surface area contributed by atoms with Gasteiger partial charge in [0, 0.05) is 54.4 Å². The van der Waals surface area contributed by atoms with Crippen molar-refractivity contribution in [3.63, 3.8) is 0 Å². The van der Waals surface area contributed by atoms with Crippen molar-refractivity contribution in [3.8, 4) is 11.5 Å². The number of nitrogens with one attached hydrogen (secondary N) is 1. The first kappa shape index (κ1) is 22.2. The van der Waals surface area contributed by atoms with Crippen LogP contribution in [0, 0.1) is 0 Å². The first-order valence-electron chi connectivity index (χ1n) is 11.3. The molecular formula is C26H33N3O3. The van der Waals surface area contributed by atoms with Crippen molar-refractivity contribution in [2.24, 2.45) is 0 Å². The highest BCUT2D eigenvalue weighted by atomic mass is 16.5. The average molecular weight is 436 g/mol. The molecule has 0 unspecified atom stereocenters. The number of hydrogen-bond acceptors (Lipinski definition) is 4. The summed E-state index contributed by atoms with van der Waals surface area (Å²) in [5, 5.41) is 4.35. The molecule has 2 heterocycles. The van der Waals surface area contributed by atoms with Gasteiger partial charge < -0.3 is 19.4 Å². The van der Waals surface area contributed by atoms with E-state index in [-0.39, 0.29) is 11.9 Å². The Balaban J connectivity index is 1.32. The van der Waals surface area contributed by atoms with Crippen LogP contribution in [0.4, 0.5) is 0 Å². The molecule has 1 N–H and O–H groups in total. The number of carbonyl (C=O) groups is 1. The predicted molar refractivity (Wildman–Crippen MR) is 128 cm³/mol. The number of carbonyl (C=O) groups excluding carboxylic acids is 1. The van der Waals surface area contributed by atoms with Crippen molar-refractivity contribution in [1.82, 2.24) is 14.8 Å². The highest BCUT2D eigenvalue weighted by Crippen LogP contribution is 2.28. The van der Waals surface area contributed by atoms with E-state index in [0.717, 1.165) is 54.9 Å². The third kappa shape index (κ3) is 4.75. The summed E-state index contributed by atoms with van der Waals surface area (Å²) in [6.07, 6.45) is 3.99. The van der Waals surface area contributed by atoms with Gasteiger partial charge in [-0.15, -0.1) is 0 Å². The lowest BCUT2D eigenvalue weighted by Crippen LogP contribution is -2.44. The smallest absolute Gasteiger partial charge is 0.251 e. The van der Waals surface area contributed by atoms with E-state index in [9.17, 15) is 4.79 Å². The molecule has 0 spiro atoms. The quantitative estimate of drug-likeness (QED) is 0.588. The second-order valence-corrected chi connectivity index (χ2v) is 8.80. The highest BCUT2D eigenvalue weighted by molar-refractivity contribution is 5.98. The van der Waals surface area contributed by atoms with E-state index in [2.05, 4.69) is 53.0 Å². The number of rotatable bonds is 7. The van der Waals surface area contributed by atoms with Gasteiger partial charge in [0.1, 0.15) is 0 Å². The Morgan fingerprint density at radius 2 is 1.78 bits per heavy atom. The molecule has 6 nitrogen and oxygen atoms in total. The van der Waals surface area contributed by atoms with Gasteiger partial charge in [-0.25, -0.2) is 0 Å². The fourth-order valence-corrected chi connectivity index (χ4v) is 4.50. The number of aromatic nitrogens is 1. The van der Waals surface area contributed by atoms with E-state index in [0.29, 0.717) is 6.04 Å². The number of ether oxygens (including phenoxy) is 2. The van der Waals surface area contributed by atoms with Crippen LogP contribution >= 0.6 is 0 Å². The van der Waals surface area contributed by atoms with E-state index in [4.69, 9.17) is 9.47 Å². The molecule has 1 amide bonds. The van der Waals surface area contributed by atoms with Crippen LogP contribution in [0.1, 0.15) is 48.7 Å². The molecular weight excluding hydrogens is 402 g/mol. The maximum absolute atomic E-state index is 12.8. The molecule has 1 aliphatic rings. The molecule has 0 aliphatic carbocycles. The van der Waals surface area contributed by atoms with Crippen LogP contribution in [0.25, 0.3) is 10.9 Å². The van der Waals surface area contributed by atoms with E-state index < -0.39 is 0 Å². The van der Waals surface area contributed by atoms with Crippen LogP contribution in [-0.2, 0) is 6.54 Å². The Morgan fingerprint density at radius 1 is 1.03 bits per heavy atom. The van der Waals surface area contributed by atoms with Gasteiger partial charge in [0.05, 0.1) is 14.2 Å². The zero-order valence-electron chi connectivity index (χ0n) is 19.4. The van der Waals surface area contributed by atoms with Crippen molar-refractivity contribution in [3.05, 3.63) is 59.8 Å². The van der Waals surface area contributed by atoms with Crippen molar-refractivity contribution in [1.29, 1.82) is 0 Å². The fourth-order valence-electron chi connectivity index (χ4n) is 4.50. The maximum atomic E-state index is 12.8. The standard InChI is InChI=1S/C26H33N3O3/c1-18(2)29-14-9-20-16-21(6-7-23(20)29)26(30)27-22-10-12-28(13-11-22)17-19-5-8-24(31-3)25(15-19)32-4/h5-9,14-16,18,22H,10-13,17H2,1-4H3,(H,27,30). The molecule has 0 atom stereocenters. The largest absolute Gasteiger partial charge is 0.493 e. The summed E-state index contributed by atoms with van der Waals surface area (Å²) in [6.45, 7) is 7.10. The van der Waals surface area contributed by atoms with Gasteiger partial charge in [-0.2, -0.15) is 0 Å². The zero-order valence-corrected chi connectivity index (χ0v) is 19.4. The Kier molecular flexibility index (Phi) is 6.70. The highest BCUT2D eigenvalue weighted by Gasteiger charge is 2.22. The monoisotopic (exact) mass is 435 g/mol. The minimum absolute atomic E-state index is 0.0162. The lowest BCUT2D eigenvalue weighted by molar-refractivity contribution is 0.0909. The fraction of sp³-hybridized carbons (Fsp3) is 0.423. The lowest BCUT2D eigenvalue weighted by Gasteiger charge is -2.32. The van der Waals surface area contributed by atoms with Crippen LogP contribution in [0.15, 0.2) is 48.7 Å². The van der Waals surface area contributed by atoms with Gasteiger partial charge in [-0.05, 0) is 68.7 Å². The summed E-state index contributed by atoms with van der Waals surface area (Å²) >= 11 is 0. The van der Waals surface area contributed by atoms with Crippen LogP contribution in [0.2, 0.25) is 0 Å². The molecule has 1 aromatic heterocycles. The van der Waals surface area contributed by atoms with Gasteiger partial charge in [-0.1, -0.05) is 6.07 Å². The predicted octanol–water partition coefficient (Wildman–Crippen LogP) is 4.63. The van der Waals surface area contributed by atoms with E-state index in [1.54, 1.807) is 14.2 Å². The van der Waals surface area contributed by atoms with Gasteiger partial charge in [0.25, 0.3) is 5.91 Å². The molecule has 0 radical (unpaired) electrons. The summed E-state index contributed by atoms with van der Waals surface area (Å²) in [4.78, 5) is 15.3. The molecule has 0 bridgehead atoms. The van der Waals surface area contributed by atoms with E-state index in [1.165, 1.54) is 11.1 Å². The molecule has 4 rings (SSSR count). The third-order valence-corrected chi connectivity index (χ3v) is 6.32. The van der Waals surface area contributed by atoms with Crippen molar-refractivity contribution >= 4 is 16.8 Å². The number of piperidine rings is 1. The number of fused-ring (bicyclic) bond motifs is 1. The number of nitrogens with zero attached hydrogens (tertiary/aromatic N) is 2. The van der Waals surface area contributed by atoms with Crippen molar-refractivity contribution in [2.75, 3.05) is 27.3 Å². The third-order valence-electron chi connectivity index (χ3n) is 6.32. The molecule has 170 valence electrons. The molecule has 2 aromatic carbocycles. The Hall–Kier alpha value is -2.99. The Morgan fingerprint density at radius 3 is 2.47 bits per heavy atom. The number of amides is 1. The summed E-state index contributed by atoms with van der Waals surface area (Å²) < 4.78 is 13.0. The molecule has 1 fully saturated rings. The number of hydrogen-bond donors (Lipinski definition) is 1. The van der Waals surface area contributed by atoms with E-state index in [1.807, 2.05) is 24.3 Å². The van der Waals surface area contributed by atoms with Crippen molar-refractivity contribution in [2.45, 2.75) is 45.3 Å². The molecule has 1 saturated heterocycles. The number of benzene rings is 2. The number of likely N-dealkylation sites (tertiary alicyclic amines) is 1. The normalized spacial score (nSPS) is 15.3. The molecule has 0 saturated carbocycles. The second-order valence-electron chi connectivity index (χ2n) is 8.80. The van der Waals surface area contributed by atoms with Crippen molar-refractivity contribution < 1.29 is 14.3 Å². The van der Waals surface area contributed by atoms with Crippen LogP contribution in [-0.4, -0.2) is 48.7 Å². The van der Waals surface area contributed by atoms with Crippen LogP contribution in [0.3, 0.4) is 0 Å².